The van der Waals surface area contributed by atoms with Crippen molar-refractivity contribution in [2.75, 3.05) is 25.0 Å². The summed E-state index contributed by atoms with van der Waals surface area (Å²) in [7, 11) is 0. The molecule has 4 rings (SSSR count). The summed E-state index contributed by atoms with van der Waals surface area (Å²) >= 11 is 0. The van der Waals surface area contributed by atoms with E-state index < -0.39 is 12.1 Å². The minimum Gasteiger partial charge on any atom is -0.475 e. The maximum Gasteiger partial charge on any atom is 0.490 e. The van der Waals surface area contributed by atoms with E-state index in [1.54, 1.807) is 0 Å². The lowest BCUT2D eigenvalue weighted by atomic mass is 9.93. The molecular formula is C19H26F3N5O2. The van der Waals surface area contributed by atoms with Gasteiger partial charge in [0, 0.05) is 12.0 Å². The van der Waals surface area contributed by atoms with E-state index in [1.807, 2.05) is 4.52 Å². The van der Waals surface area contributed by atoms with E-state index in [4.69, 9.17) is 20.0 Å². The van der Waals surface area contributed by atoms with Crippen LogP contribution in [-0.2, 0) is 4.79 Å². The molecule has 0 atom stereocenters. The molecule has 0 amide bonds. The monoisotopic (exact) mass is 413 g/mol. The van der Waals surface area contributed by atoms with Crippen molar-refractivity contribution in [3.05, 3.63) is 24.2 Å². The summed E-state index contributed by atoms with van der Waals surface area (Å²) in [5.41, 5.74) is 2.13. The lowest BCUT2D eigenvalue weighted by molar-refractivity contribution is -0.192. The number of carbonyl (C=O) groups is 1. The molecule has 1 saturated heterocycles. The Balaban J connectivity index is 0.000000298. The van der Waals surface area contributed by atoms with Crippen LogP contribution in [0.15, 0.2) is 18.3 Å². The van der Waals surface area contributed by atoms with E-state index in [2.05, 4.69) is 35.5 Å². The maximum atomic E-state index is 10.6. The van der Waals surface area contributed by atoms with Gasteiger partial charge >= 0.3 is 12.1 Å². The Labute approximate surface area is 166 Å². The van der Waals surface area contributed by atoms with Crippen LogP contribution in [0, 0.1) is 0 Å². The Morgan fingerprint density at radius 2 is 1.90 bits per heavy atom. The highest BCUT2D eigenvalue weighted by Crippen LogP contribution is 2.27. The number of fused-ring (bicyclic) bond motifs is 1. The van der Waals surface area contributed by atoms with E-state index in [0.29, 0.717) is 12.0 Å². The molecule has 1 aliphatic carbocycles. The largest absolute Gasteiger partial charge is 0.490 e. The van der Waals surface area contributed by atoms with Gasteiger partial charge in [0.1, 0.15) is 0 Å². The molecule has 2 fully saturated rings. The zero-order chi connectivity index (χ0) is 21.0. The van der Waals surface area contributed by atoms with Gasteiger partial charge in [0.2, 0.25) is 0 Å². The van der Waals surface area contributed by atoms with Crippen molar-refractivity contribution in [1.29, 1.82) is 0 Å². The number of alkyl halides is 3. The molecule has 2 aliphatic rings. The molecule has 0 radical (unpaired) electrons. The number of pyridine rings is 1. The van der Waals surface area contributed by atoms with Crippen LogP contribution < -0.4 is 5.32 Å². The van der Waals surface area contributed by atoms with Gasteiger partial charge in [-0.3, -0.25) is 0 Å². The number of aliphatic carboxylic acids is 1. The quantitative estimate of drug-likeness (QED) is 0.798. The summed E-state index contributed by atoms with van der Waals surface area (Å²) in [6.07, 6.45) is 3.29. The van der Waals surface area contributed by atoms with Gasteiger partial charge in [0.25, 0.3) is 0 Å². The fourth-order valence-electron chi connectivity index (χ4n) is 3.45. The molecule has 0 aromatic carbocycles. The minimum atomic E-state index is -5.08. The molecule has 2 N–H and O–H groups in total. The lowest BCUT2D eigenvalue weighted by Gasteiger charge is -2.29. The molecule has 160 valence electrons. The van der Waals surface area contributed by atoms with Crippen LogP contribution in [0.5, 0.6) is 0 Å². The standard InChI is InChI=1S/C17H25N5.C2HF3O2/c1-2-21-10-8-13(9-11-21)17-19-16-7-6-15(12-22(16)20-17)18-14-4-3-5-14;3-2(4,5)1(6)7/h6-7,12-14,18H,2-5,8-11H2,1H3;(H,6,7). The number of hydrogen-bond donors (Lipinski definition) is 2. The second-order valence-corrected chi connectivity index (χ2v) is 7.47. The second kappa shape index (κ2) is 8.98. The van der Waals surface area contributed by atoms with E-state index >= 15 is 0 Å². The number of rotatable bonds is 4. The Kier molecular flexibility index (Phi) is 6.61. The predicted molar refractivity (Wildman–Crippen MR) is 102 cm³/mol. The Morgan fingerprint density at radius 1 is 1.24 bits per heavy atom. The number of hydrogen-bond acceptors (Lipinski definition) is 5. The number of aromatic nitrogens is 3. The molecular weight excluding hydrogens is 387 g/mol. The van der Waals surface area contributed by atoms with Gasteiger partial charge in [-0.25, -0.2) is 14.3 Å². The normalized spacial score (nSPS) is 18.8. The highest BCUT2D eigenvalue weighted by molar-refractivity contribution is 5.73. The van der Waals surface area contributed by atoms with Crippen LogP contribution >= 0.6 is 0 Å². The molecule has 0 spiro atoms. The molecule has 1 saturated carbocycles. The molecule has 2 aromatic heterocycles. The van der Waals surface area contributed by atoms with Crippen molar-refractivity contribution >= 4 is 17.3 Å². The molecule has 7 nitrogen and oxygen atoms in total. The van der Waals surface area contributed by atoms with Gasteiger partial charge in [0.05, 0.1) is 11.9 Å². The first-order chi connectivity index (χ1) is 13.8. The van der Waals surface area contributed by atoms with E-state index in [9.17, 15) is 13.2 Å². The SMILES string of the molecule is CCN1CCC(c2nc3ccc(NC4CCC4)cn3n2)CC1.O=C(O)C(F)(F)F. The Hall–Kier alpha value is -2.36. The fraction of sp³-hybridized carbons (Fsp3) is 0.632. The van der Waals surface area contributed by atoms with Crippen molar-refractivity contribution in [3.8, 4) is 0 Å². The third-order valence-electron chi connectivity index (χ3n) is 5.47. The van der Waals surface area contributed by atoms with Crippen LogP contribution in [0.2, 0.25) is 0 Å². The van der Waals surface area contributed by atoms with E-state index in [-0.39, 0.29) is 0 Å². The highest BCUT2D eigenvalue weighted by Gasteiger charge is 2.38. The number of anilines is 1. The number of carboxylic acid groups (broad SMARTS) is 1. The van der Waals surface area contributed by atoms with Gasteiger partial charge in [0.15, 0.2) is 11.5 Å². The summed E-state index contributed by atoms with van der Waals surface area (Å²) in [6.45, 7) is 5.73. The van der Waals surface area contributed by atoms with Crippen LogP contribution in [0.1, 0.15) is 50.8 Å². The van der Waals surface area contributed by atoms with Crippen molar-refractivity contribution in [1.82, 2.24) is 19.5 Å². The fourth-order valence-corrected chi connectivity index (χ4v) is 3.45. The smallest absolute Gasteiger partial charge is 0.475 e. The van der Waals surface area contributed by atoms with Crippen molar-refractivity contribution in [2.45, 2.75) is 57.2 Å². The summed E-state index contributed by atoms with van der Waals surface area (Å²) < 4.78 is 33.7. The molecule has 3 heterocycles. The third kappa shape index (κ3) is 5.59. The first-order valence-corrected chi connectivity index (χ1v) is 9.91. The number of likely N-dealkylation sites (tertiary alicyclic amines) is 1. The van der Waals surface area contributed by atoms with Gasteiger partial charge in [-0.1, -0.05) is 6.92 Å². The minimum absolute atomic E-state index is 0.519. The average Bonchev–Trinajstić information content (AvgIpc) is 3.08. The average molecular weight is 413 g/mol. The zero-order valence-electron chi connectivity index (χ0n) is 16.3. The van der Waals surface area contributed by atoms with Crippen LogP contribution in [0.3, 0.4) is 0 Å². The van der Waals surface area contributed by atoms with Gasteiger partial charge in [-0.05, 0) is 63.9 Å². The van der Waals surface area contributed by atoms with Crippen LogP contribution in [-0.4, -0.2) is 62.4 Å². The van der Waals surface area contributed by atoms with Crippen molar-refractivity contribution in [3.63, 3.8) is 0 Å². The lowest BCUT2D eigenvalue weighted by Crippen LogP contribution is -2.32. The summed E-state index contributed by atoms with van der Waals surface area (Å²) in [6, 6.07) is 4.86. The van der Waals surface area contributed by atoms with Crippen molar-refractivity contribution in [2.24, 2.45) is 0 Å². The zero-order valence-corrected chi connectivity index (χ0v) is 16.3. The number of piperidine rings is 1. The van der Waals surface area contributed by atoms with Gasteiger partial charge < -0.3 is 15.3 Å². The molecule has 0 bridgehead atoms. The first-order valence-electron chi connectivity index (χ1n) is 9.91. The first kappa shape index (κ1) is 21.4. The molecule has 0 unspecified atom stereocenters. The van der Waals surface area contributed by atoms with Crippen LogP contribution in [0.4, 0.5) is 18.9 Å². The molecule has 1 aliphatic heterocycles. The summed E-state index contributed by atoms with van der Waals surface area (Å²) in [5.74, 6) is -1.21. The molecule has 2 aromatic rings. The van der Waals surface area contributed by atoms with Crippen molar-refractivity contribution < 1.29 is 23.1 Å². The second-order valence-electron chi connectivity index (χ2n) is 7.47. The number of nitrogens with zero attached hydrogens (tertiary/aromatic N) is 4. The van der Waals surface area contributed by atoms with Crippen LogP contribution in [0.25, 0.3) is 5.65 Å². The third-order valence-corrected chi connectivity index (χ3v) is 5.47. The Morgan fingerprint density at radius 3 is 2.41 bits per heavy atom. The van der Waals surface area contributed by atoms with Gasteiger partial charge in [-0.2, -0.15) is 18.3 Å². The van der Waals surface area contributed by atoms with E-state index in [0.717, 1.165) is 23.7 Å². The summed E-state index contributed by atoms with van der Waals surface area (Å²) in [5, 5.41) is 15.4. The highest BCUT2D eigenvalue weighted by atomic mass is 19.4. The van der Waals surface area contributed by atoms with E-state index in [1.165, 1.54) is 45.2 Å². The Bertz CT molecular complexity index is 827. The predicted octanol–water partition coefficient (Wildman–Crippen LogP) is 3.53. The van der Waals surface area contributed by atoms with Gasteiger partial charge in [-0.15, -0.1) is 0 Å². The summed E-state index contributed by atoms with van der Waals surface area (Å²) in [4.78, 5) is 16.1. The topological polar surface area (TPSA) is 82.8 Å². The molecule has 10 heteroatoms. The molecule has 29 heavy (non-hydrogen) atoms. The number of nitrogens with one attached hydrogen (secondary N) is 1. The maximum absolute atomic E-state index is 10.6. The number of halogens is 3. The number of carboxylic acids is 1.